The van der Waals surface area contributed by atoms with Crippen LogP contribution in [0.15, 0.2) is 0 Å². The molecule has 1 saturated carbocycles. The molecule has 0 aromatic heterocycles. The highest BCUT2D eigenvalue weighted by molar-refractivity contribution is 5.70. The van der Waals surface area contributed by atoms with E-state index in [4.69, 9.17) is 5.11 Å². The van der Waals surface area contributed by atoms with Crippen molar-refractivity contribution < 1.29 is 9.90 Å². The van der Waals surface area contributed by atoms with Gasteiger partial charge in [-0.3, -0.25) is 4.79 Å². The molecule has 2 atom stereocenters. The predicted molar refractivity (Wildman–Crippen MR) is 48.0 cm³/mol. The van der Waals surface area contributed by atoms with Gasteiger partial charge in [0, 0.05) is 0 Å². The van der Waals surface area contributed by atoms with Gasteiger partial charge in [0.2, 0.25) is 0 Å². The summed E-state index contributed by atoms with van der Waals surface area (Å²) in [6.07, 6.45) is 6.59. The second-order valence-electron chi connectivity index (χ2n) is 3.75. The number of carbonyl (C=O) groups is 1. The van der Waals surface area contributed by atoms with Gasteiger partial charge in [0.1, 0.15) is 0 Å². The van der Waals surface area contributed by atoms with Crippen LogP contribution < -0.4 is 0 Å². The van der Waals surface area contributed by atoms with Crippen LogP contribution in [0, 0.1) is 11.8 Å². The molecule has 1 fully saturated rings. The maximum atomic E-state index is 10.9. The average Bonchev–Trinajstić information content (AvgIpc) is 2.27. The molecule has 0 heterocycles. The van der Waals surface area contributed by atoms with Crippen LogP contribution in [0.1, 0.15) is 45.4 Å². The van der Waals surface area contributed by atoms with Crippen LogP contribution in [0.4, 0.5) is 0 Å². The first-order valence-corrected chi connectivity index (χ1v) is 4.98. The van der Waals surface area contributed by atoms with Gasteiger partial charge in [0.25, 0.3) is 0 Å². The fraction of sp³-hybridized carbons (Fsp3) is 0.900. The van der Waals surface area contributed by atoms with Crippen molar-refractivity contribution in [2.24, 2.45) is 11.8 Å². The Kier molecular flexibility index (Phi) is 3.57. The van der Waals surface area contributed by atoms with E-state index in [2.05, 4.69) is 6.92 Å². The zero-order valence-electron chi connectivity index (χ0n) is 7.75. The molecular formula is C10H18O2. The number of hydrogen-bond acceptors (Lipinski definition) is 1. The van der Waals surface area contributed by atoms with Crippen molar-refractivity contribution in [1.82, 2.24) is 0 Å². The second kappa shape index (κ2) is 4.48. The van der Waals surface area contributed by atoms with Crippen molar-refractivity contribution in [3.63, 3.8) is 0 Å². The van der Waals surface area contributed by atoms with Crippen molar-refractivity contribution in [2.75, 3.05) is 0 Å². The van der Waals surface area contributed by atoms with Crippen LogP contribution in [0.2, 0.25) is 0 Å². The third kappa shape index (κ3) is 2.23. The highest BCUT2D eigenvalue weighted by Gasteiger charge is 2.27. The SMILES string of the molecule is CCC1CCCCCC1C(=O)O. The quantitative estimate of drug-likeness (QED) is 0.647. The molecule has 1 aliphatic carbocycles. The fourth-order valence-corrected chi connectivity index (χ4v) is 2.20. The molecule has 0 bridgehead atoms. The molecule has 1 N–H and O–H groups in total. The number of carboxylic acids is 1. The average molecular weight is 170 g/mol. The van der Waals surface area contributed by atoms with E-state index in [1.165, 1.54) is 12.8 Å². The zero-order chi connectivity index (χ0) is 8.97. The van der Waals surface area contributed by atoms with E-state index in [9.17, 15) is 4.79 Å². The van der Waals surface area contributed by atoms with E-state index in [-0.39, 0.29) is 5.92 Å². The Morgan fingerprint density at radius 3 is 2.58 bits per heavy atom. The molecule has 70 valence electrons. The van der Waals surface area contributed by atoms with Crippen LogP contribution in [0.3, 0.4) is 0 Å². The highest BCUT2D eigenvalue weighted by Crippen LogP contribution is 2.30. The monoisotopic (exact) mass is 170 g/mol. The third-order valence-electron chi connectivity index (χ3n) is 3.00. The molecule has 2 unspecified atom stereocenters. The van der Waals surface area contributed by atoms with Gasteiger partial charge in [-0.25, -0.2) is 0 Å². The molecule has 12 heavy (non-hydrogen) atoms. The van der Waals surface area contributed by atoms with Crippen molar-refractivity contribution in [1.29, 1.82) is 0 Å². The Morgan fingerprint density at radius 1 is 1.33 bits per heavy atom. The molecule has 2 nitrogen and oxygen atoms in total. The van der Waals surface area contributed by atoms with E-state index in [1.54, 1.807) is 0 Å². The molecular weight excluding hydrogens is 152 g/mol. The lowest BCUT2D eigenvalue weighted by Crippen LogP contribution is -2.21. The lowest BCUT2D eigenvalue weighted by Gasteiger charge is -2.19. The minimum atomic E-state index is -0.580. The summed E-state index contributed by atoms with van der Waals surface area (Å²) in [5, 5.41) is 8.96. The summed E-state index contributed by atoms with van der Waals surface area (Å²) in [6.45, 7) is 2.10. The van der Waals surface area contributed by atoms with Crippen LogP contribution in [0.25, 0.3) is 0 Å². The fourth-order valence-electron chi connectivity index (χ4n) is 2.20. The molecule has 1 rings (SSSR count). The normalized spacial score (nSPS) is 31.1. The summed E-state index contributed by atoms with van der Waals surface area (Å²) in [4.78, 5) is 10.9. The van der Waals surface area contributed by atoms with Crippen LogP contribution in [0.5, 0.6) is 0 Å². The number of hydrogen-bond donors (Lipinski definition) is 1. The van der Waals surface area contributed by atoms with Crippen molar-refractivity contribution in [3.8, 4) is 0 Å². The van der Waals surface area contributed by atoms with Crippen LogP contribution >= 0.6 is 0 Å². The standard InChI is InChI=1S/C10H18O2/c1-2-8-6-4-3-5-7-9(8)10(11)12/h8-9H,2-7H2,1H3,(H,11,12). The minimum absolute atomic E-state index is 0.0579. The largest absolute Gasteiger partial charge is 0.481 e. The van der Waals surface area contributed by atoms with Gasteiger partial charge in [-0.05, 0) is 18.8 Å². The molecule has 0 spiro atoms. The minimum Gasteiger partial charge on any atom is -0.481 e. The Morgan fingerprint density at radius 2 is 2.00 bits per heavy atom. The molecule has 0 amide bonds. The number of aliphatic carboxylic acids is 1. The van der Waals surface area contributed by atoms with Gasteiger partial charge in [-0.2, -0.15) is 0 Å². The second-order valence-corrected chi connectivity index (χ2v) is 3.75. The van der Waals surface area contributed by atoms with Gasteiger partial charge in [0.15, 0.2) is 0 Å². The van der Waals surface area contributed by atoms with E-state index < -0.39 is 5.97 Å². The Hall–Kier alpha value is -0.530. The topological polar surface area (TPSA) is 37.3 Å². The lowest BCUT2D eigenvalue weighted by molar-refractivity contribution is -0.144. The van der Waals surface area contributed by atoms with Gasteiger partial charge in [0.05, 0.1) is 5.92 Å². The van der Waals surface area contributed by atoms with Crippen LogP contribution in [-0.4, -0.2) is 11.1 Å². The first kappa shape index (κ1) is 9.56. The summed E-state index contributed by atoms with van der Waals surface area (Å²) in [5.41, 5.74) is 0. The first-order valence-electron chi connectivity index (χ1n) is 4.98. The van der Waals surface area contributed by atoms with Crippen molar-refractivity contribution >= 4 is 5.97 Å². The van der Waals surface area contributed by atoms with E-state index in [0.717, 1.165) is 25.7 Å². The van der Waals surface area contributed by atoms with Crippen molar-refractivity contribution in [2.45, 2.75) is 45.4 Å². The molecule has 0 aromatic carbocycles. The predicted octanol–water partition coefficient (Wildman–Crippen LogP) is 2.68. The summed E-state index contributed by atoms with van der Waals surface area (Å²) >= 11 is 0. The summed E-state index contributed by atoms with van der Waals surface area (Å²) in [5.74, 6) is -0.203. The van der Waals surface area contributed by atoms with Gasteiger partial charge >= 0.3 is 5.97 Å². The van der Waals surface area contributed by atoms with Crippen LogP contribution in [-0.2, 0) is 4.79 Å². The first-order chi connectivity index (χ1) is 5.75. The molecule has 0 radical (unpaired) electrons. The van der Waals surface area contributed by atoms with Gasteiger partial charge in [-0.15, -0.1) is 0 Å². The zero-order valence-corrected chi connectivity index (χ0v) is 7.75. The van der Waals surface area contributed by atoms with Crippen molar-refractivity contribution in [3.05, 3.63) is 0 Å². The Labute approximate surface area is 74.0 Å². The van der Waals surface area contributed by atoms with E-state index >= 15 is 0 Å². The van der Waals surface area contributed by atoms with Gasteiger partial charge < -0.3 is 5.11 Å². The summed E-state index contributed by atoms with van der Waals surface area (Å²) in [7, 11) is 0. The van der Waals surface area contributed by atoms with Gasteiger partial charge in [-0.1, -0.05) is 32.6 Å². The Balaban J connectivity index is 2.57. The smallest absolute Gasteiger partial charge is 0.306 e. The molecule has 0 aliphatic heterocycles. The molecule has 0 aromatic rings. The Bertz CT molecular complexity index is 154. The van der Waals surface area contributed by atoms with E-state index in [0.29, 0.717) is 5.92 Å². The summed E-state index contributed by atoms with van der Waals surface area (Å²) in [6, 6.07) is 0. The summed E-state index contributed by atoms with van der Waals surface area (Å²) < 4.78 is 0. The number of carboxylic acid groups (broad SMARTS) is 1. The highest BCUT2D eigenvalue weighted by atomic mass is 16.4. The molecule has 0 saturated heterocycles. The third-order valence-corrected chi connectivity index (χ3v) is 3.00. The molecule has 1 aliphatic rings. The van der Waals surface area contributed by atoms with E-state index in [1.807, 2.05) is 0 Å². The maximum absolute atomic E-state index is 10.9. The molecule has 2 heteroatoms. The number of rotatable bonds is 2. The maximum Gasteiger partial charge on any atom is 0.306 e. The lowest BCUT2D eigenvalue weighted by atomic mass is 9.86.